The summed E-state index contributed by atoms with van der Waals surface area (Å²) < 4.78 is 4.17. The number of likely N-dealkylation sites (tertiary alicyclic amines) is 1. The molecule has 1 aliphatic rings. The molecular formula is C22H29N5O. The molecule has 1 saturated heterocycles. The minimum Gasteiger partial charge on any atom is -0.340 e. The van der Waals surface area contributed by atoms with E-state index in [0.717, 1.165) is 61.6 Å². The van der Waals surface area contributed by atoms with Crippen molar-refractivity contribution in [3.63, 3.8) is 0 Å². The highest BCUT2D eigenvalue weighted by atomic mass is 16.2. The van der Waals surface area contributed by atoms with Crippen molar-refractivity contribution in [2.45, 2.75) is 59.0 Å². The van der Waals surface area contributed by atoms with E-state index in [1.54, 1.807) is 0 Å². The SMILES string of the molecule is CCCn1c(C2CCCN(C(=O)Cn3nc(C)cc3C)C2)nc2ccccc21. The summed E-state index contributed by atoms with van der Waals surface area (Å²) in [5.41, 5.74) is 4.24. The molecule has 28 heavy (non-hydrogen) atoms. The zero-order valence-electron chi connectivity index (χ0n) is 17.1. The number of hydrogen-bond donors (Lipinski definition) is 0. The number of benzene rings is 1. The molecule has 6 heteroatoms. The van der Waals surface area contributed by atoms with Crippen LogP contribution in [0.4, 0.5) is 0 Å². The molecule has 0 bridgehead atoms. The van der Waals surface area contributed by atoms with Crippen LogP contribution < -0.4 is 0 Å². The van der Waals surface area contributed by atoms with Gasteiger partial charge in [0.05, 0.1) is 16.7 Å². The van der Waals surface area contributed by atoms with Gasteiger partial charge in [-0.1, -0.05) is 19.1 Å². The molecule has 0 spiro atoms. The summed E-state index contributed by atoms with van der Waals surface area (Å²) in [6, 6.07) is 10.4. The number of imidazole rings is 1. The number of nitrogens with zero attached hydrogens (tertiary/aromatic N) is 5. The molecular weight excluding hydrogens is 350 g/mol. The van der Waals surface area contributed by atoms with Crippen molar-refractivity contribution < 1.29 is 4.79 Å². The zero-order valence-corrected chi connectivity index (χ0v) is 17.1. The van der Waals surface area contributed by atoms with Gasteiger partial charge >= 0.3 is 0 Å². The second-order valence-electron chi connectivity index (χ2n) is 7.87. The number of aromatic nitrogens is 4. The van der Waals surface area contributed by atoms with Gasteiger partial charge in [-0.2, -0.15) is 5.10 Å². The smallest absolute Gasteiger partial charge is 0.244 e. The Labute approximate surface area is 166 Å². The molecule has 0 N–H and O–H groups in total. The van der Waals surface area contributed by atoms with E-state index in [1.165, 1.54) is 5.52 Å². The molecule has 1 atom stereocenters. The van der Waals surface area contributed by atoms with E-state index in [1.807, 2.05) is 35.6 Å². The Morgan fingerprint density at radius 3 is 2.82 bits per heavy atom. The van der Waals surface area contributed by atoms with E-state index in [2.05, 4.69) is 34.8 Å². The Morgan fingerprint density at radius 2 is 2.07 bits per heavy atom. The van der Waals surface area contributed by atoms with Gasteiger partial charge in [-0.05, 0) is 51.3 Å². The summed E-state index contributed by atoms with van der Waals surface area (Å²) in [4.78, 5) is 19.9. The van der Waals surface area contributed by atoms with Gasteiger partial charge in [-0.15, -0.1) is 0 Å². The molecule has 1 amide bonds. The third-order valence-electron chi connectivity index (χ3n) is 5.66. The molecule has 1 aliphatic heterocycles. The van der Waals surface area contributed by atoms with Gasteiger partial charge in [-0.3, -0.25) is 9.48 Å². The molecule has 0 radical (unpaired) electrons. The van der Waals surface area contributed by atoms with E-state index < -0.39 is 0 Å². The fourth-order valence-corrected chi connectivity index (χ4v) is 4.34. The van der Waals surface area contributed by atoms with Crippen molar-refractivity contribution in [3.05, 3.63) is 47.5 Å². The molecule has 0 saturated carbocycles. The van der Waals surface area contributed by atoms with Crippen LogP contribution in [0.15, 0.2) is 30.3 Å². The summed E-state index contributed by atoms with van der Waals surface area (Å²) in [6.07, 6.45) is 3.17. The molecule has 1 aromatic carbocycles. The first-order chi connectivity index (χ1) is 13.6. The van der Waals surface area contributed by atoms with Crippen molar-refractivity contribution in [2.24, 2.45) is 0 Å². The number of carbonyl (C=O) groups is 1. The van der Waals surface area contributed by atoms with Gasteiger partial charge in [0, 0.05) is 31.2 Å². The quantitative estimate of drug-likeness (QED) is 0.680. The van der Waals surface area contributed by atoms with Gasteiger partial charge in [0.2, 0.25) is 5.91 Å². The van der Waals surface area contributed by atoms with E-state index in [-0.39, 0.29) is 11.8 Å². The maximum absolute atomic E-state index is 12.9. The van der Waals surface area contributed by atoms with Crippen LogP contribution in [-0.2, 0) is 17.9 Å². The highest BCUT2D eigenvalue weighted by Gasteiger charge is 2.28. The van der Waals surface area contributed by atoms with Gasteiger partial charge in [0.1, 0.15) is 12.4 Å². The van der Waals surface area contributed by atoms with Crippen LogP contribution in [0.2, 0.25) is 0 Å². The molecule has 3 heterocycles. The number of aryl methyl sites for hydroxylation is 3. The second-order valence-corrected chi connectivity index (χ2v) is 7.87. The summed E-state index contributed by atoms with van der Waals surface area (Å²) in [6.45, 7) is 9.00. The molecule has 4 rings (SSSR count). The Hall–Kier alpha value is -2.63. The van der Waals surface area contributed by atoms with Gasteiger partial charge in [0.15, 0.2) is 0 Å². The lowest BCUT2D eigenvalue weighted by Gasteiger charge is -2.33. The molecule has 1 fully saturated rings. The average Bonchev–Trinajstić information content (AvgIpc) is 3.22. The first kappa shape index (κ1) is 18.7. The Bertz CT molecular complexity index is 986. The van der Waals surface area contributed by atoms with Gasteiger partial charge in [0.25, 0.3) is 0 Å². The standard InChI is InChI=1S/C22H29N5O/c1-4-11-26-20-10-6-5-9-19(20)23-22(26)18-8-7-12-25(14-18)21(28)15-27-17(3)13-16(2)24-27/h5-6,9-10,13,18H,4,7-8,11-12,14-15H2,1-3H3. The topological polar surface area (TPSA) is 56.0 Å². The average molecular weight is 380 g/mol. The lowest BCUT2D eigenvalue weighted by Crippen LogP contribution is -2.41. The van der Waals surface area contributed by atoms with Crippen molar-refractivity contribution in [1.29, 1.82) is 0 Å². The van der Waals surface area contributed by atoms with Crippen LogP contribution in [0, 0.1) is 13.8 Å². The zero-order chi connectivity index (χ0) is 19.7. The van der Waals surface area contributed by atoms with E-state index in [4.69, 9.17) is 4.98 Å². The molecule has 0 aliphatic carbocycles. The van der Waals surface area contributed by atoms with Gasteiger partial charge < -0.3 is 9.47 Å². The number of carbonyl (C=O) groups excluding carboxylic acids is 1. The predicted octanol–water partition coefficient (Wildman–Crippen LogP) is 3.67. The van der Waals surface area contributed by atoms with E-state index in [0.29, 0.717) is 6.54 Å². The minimum atomic E-state index is 0.147. The largest absolute Gasteiger partial charge is 0.340 e. The first-order valence-electron chi connectivity index (χ1n) is 10.3. The maximum atomic E-state index is 12.9. The van der Waals surface area contributed by atoms with Gasteiger partial charge in [-0.25, -0.2) is 4.98 Å². The minimum absolute atomic E-state index is 0.147. The molecule has 6 nitrogen and oxygen atoms in total. The Kier molecular flexibility index (Phi) is 5.20. The summed E-state index contributed by atoms with van der Waals surface area (Å²) in [5, 5.41) is 4.44. The van der Waals surface area contributed by atoms with Crippen molar-refractivity contribution in [2.75, 3.05) is 13.1 Å². The van der Waals surface area contributed by atoms with E-state index >= 15 is 0 Å². The molecule has 148 valence electrons. The predicted molar refractivity (Wildman–Crippen MR) is 110 cm³/mol. The number of hydrogen-bond acceptors (Lipinski definition) is 3. The number of piperidine rings is 1. The van der Waals surface area contributed by atoms with Crippen LogP contribution in [0.3, 0.4) is 0 Å². The van der Waals surface area contributed by atoms with Crippen LogP contribution in [0.1, 0.15) is 49.3 Å². The fourth-order valence-electron chi connectivity index (χ4n) is 4.34. The third kappa shape index (κ3) is 3.55. The lowest BCUT2D eigenvalue weighted by atomic mass is 9.97. The molecule has 3 aromatic rings. The maximum Gasteiger partial charge on any atom is 0.244 e. The number of rotatable bonds is 5. The second kappa shape index (κ2) is 7.78. The van der Waals surface area contributed by atoms with Crippen molar-refractivity contribution in [1.82, 2.24) is 24.2 Å². The lowest BCUT2D eigenvalue weighted by molar-refractivity contribution is -0.133. The monoisotopic (exact) mass is 379 g/mol. The number of fused-ring (bicyclic) bond motifs is 1. The Balaban J connectivity index is 1.55. The van der Waals surface area contributed by atoms with Crippen LogP contribution in [-0.4, -0.2) is 43.2 Å². The Morgan fingerprint density at radius 1 is 1.25 bits per heavy atom. The summed E-state index contributed by atoms with van der Waals surface area (Å²) >= 11 is 0. The molecule has 1 unspecified atom stereocenters. The molecule has 2 aromatic heterocycles. The van der Waals surface area contributed by atoms with Crippen LogP contribution in [0.25, 0.3) is 11.0 Å². The third-order valence-corrected chi connectivity index (χ3v) is 5.66. The first-order valence-corrected chi connectivity index (χ1v) is 10.3. The highest BCUT2D eigenvalue weighted by molar-refractivity contribution is 5.77. The summed E-state index contributed by atoms with van der Waals surface area (Å²) in [7, 11) is 0. The normalized spacial score (nSPS) is 17.4. The van der Waals surface area contributed by atoms with Crippen LogP contribution >= 0.6 is 0 Å². The number of amides is 1. The van der Waals surface area contributed by atoms with Crippen molar-refractivity contribution >= 4 is 16.9 Å². The fraction of sp³-hybridized carbons (Fsp3) is 0.500. The summed E-state index contributed by atoms with van der Waals surface area (Å²) in [5.74, 6) is 1.57. The highest BCUT2D eigenvalue weighted by Crippen LogP contribution is 2.29. The van der Waals surface area contributed by atoms with E-state index in [9.17, 15) is 4.79 Å². The van der Waals surface area contributed by atoms with Crippen LogP contribution in [0.5, 0.6) is 0 Å². The number of para-hydroxylation sites is 2. The van der Waals surface area contributed by atoms with Crippen molar-refractivity contribution in [3.8, 4) is 0 Å².